The fraction of sp³-hybridized carbons (Fsp3) is 0.333. The van der Waals surface area contributed by atoms with Crippen LogP contribution in [0, 0.1) is 5.82 Å². The number of anilines is 2. The quantitative estimate of drug-likeness (QED) is 0.910. The molecule has 1 N–H and O–H groups in total. The summed E-state index contributed by atoms with van der Waals surface area (Å²) in [5.74, 6) is -0.186. The molecule has 110 valence electrons. The van der Waals surface area contributed by atoms with E-state index in [1.807, 2.05) is 6.07 Å². The maximum absolute atomic E-state index is 13.6. The van der Waals surface area contributed by atoms with Gasteiger partial charge < -0.3 is 10.2 Å². The lowest BCUT2D eigenvalue weighted by molar-refractivity contribution is 0.629. The van der Waals surface area contributed by atoms with Crippen molar-refractivity contribution in [2.24, 2.45) is 0 Å². The van der Waals surface area contributed by atoms with Crippen molar-refractivity contribution in [3.05, 3.63) is 59.9 Å². The molecule has 0 amide bonds. The van der Waals surface area contributed by atoms with Gasteiger partial charge in [-0.25, -0.2) is 4.39 Å². The third-order valence-electron chi connectivity index (χ3n) is 4.03. The van der Waals surface area contributed by atoms with Crippen LogP contribution in [0.15, 0.2) is 48.5 Å². The molecule has 0 aliphatic carbocycles. The minimum absolute atomic E-state index is 0.186. The minimum Gasteiger partial charge on any atom is -0.381 e. The smallest absolute Gasteiger partial charge is 0.146 e. The topological polar surface area (TPSA) is 15.3 Å². The monoisotopic (exact) mass is 284 g/mol. The summed E-state index contributed by atoms with van der Waals surface area (Å²) >= 11 is 0. The number of rotatable bonds is 4. The Bertz CT molecular complexity index is 597. The number of halogens is 1. The average molecular weight is 284 g/mol. The van der Waals surface area contributed by atoms with Gasteiger partial charge in [0.2, 0.25) is 0 Å². The summed E-state index contributed by atoms with van der Waals surface area (Å²) in [6.45, 7) is 2.72. The molecule has 0 fully saturated rings. The van der Waals surface area contributed by atoms with E-state index in [0.29, 0.717) is 5.69 Å². The standard InChI is InChI=1S/C18H21FN2/c19-16-9-2-3-10-17(16)20-12-14-21-13-6-5-8-15-7-1-4-11-18(15)21/h1-4,7,9-11,20H,5-6,8,12-14H2. The molecular weight excluding hydrogens is 263 g/mol. The van der Waals surface area contributed by atoms with E-state index in [9.17, 15) is 4.39 Å². The van der Waals surface area contributed by atoms with Gasteiger partial charge in [-0.2, -0.15) is 0 Å². The molecule has 0 spiro atoms. The highest BCUT2D eigenvalue weighted by atomic mass is 19.1. The van der Waals surface area contributed by atoms with E-state index in [2.05, 4.69) is 34.5 Å². The van der Waals surface area contributed by atoms with Crippen LogP contribution in [0.4, 0.5) is 15.8 Å². The van der Waals surface area contributed by atoms with Gasteiger partial charge in [0.05, 0.1) is 5.69 Å². The molecule has 1 aliphatic rings. The Morgan fingerprint density at radius 3 is 2.71 bits per heavy atom. The number of benzene rings is 2. The van der Waals surface area contributed by atoms with Crippen LogP contribution in [0.25, 0.3) is 0 Å². The van der Waals surface area contributed by atoms with Gasteiger partial charge >= 0.3 is 0 Å². The molecule has 0 radical (unpaired) electrons. The molecule has 0 saturated heterocycles. The van der Waals surface area contributed by atoms with Gasteiger partial charge in [-0.15, -0.1) is 0 Å². The summed E-state index contributed by atoms with van der Waals surface area (Å²) in [5, 5.41) is 3.19. The summed E-state index contributed by atoms with van der Waals surface area (Å²) in [7, 11) is 0. The molecule has 21 heavy (non-hydrogen) atoms. The SMILES string of the molecule is Fc1ccccc1NCCN1CCCCc2ccccc21. The zero-order valence-electron chi connectivity index (χ0n) is 12.2. The second-order valence-electron chi connectivity index (χ2n) is 5.48. The van der Waals surface area contributed by atoms with Crippen LogP contribution in [0.1, 0.15) is 18.4 Å². The first-order valence-electron chi connectivity index (χ1n) is 7.66. The van der Waals surface area contributed by atoms with E-state index in [1.165, 1.54) is 30.2 Å². The number of para-hydroxylation sites is 2. The average Bonchev–Trinajstić information content (AvgIpc) is 2.72. The Morgan fingerprint density at radius 2 is 1.81 bits per heavy atom. The Morgan fingerprint density at radius 1 is 1.00 bits per heavy atom. The molecule has 0 unspecified atom stereocenters. The second-order valence-corrected chi connectivity index (χ2v) is 5.48. The molecule has 0 aromatic heterocycles. The Labute approximate surface area is 125 Å². The van der Waals surface area contributed by atoms with Crippen molar-refractivity contribution in [3.8, 4) is 0 Å². The van der Waals surface area contributed by atoms with Crippen molar-refractivity contribution in [2.75, 3.05) is 29.9 Å². The highest BCUT2D eigenvalue weighted by Crippen LogP contribution is 2.25. The summed E-state index contributed by atoms with van der Waals surface area (Å²) < 4.78 is 13.6. The lowest BCUT2D eigenvalue weighted by atomic mass is 10.1. The van der Waals surface area contributed by atoms with Gasteiger partial charge in [0.1, 0.15) is 5.82 Å². The van der Waals surface area contributed by atoms with Crippen LogP contribution >= 0.6 is 0 Å². The highest BCUT2D eigenvalue weighted by Gasteiger charge is 2.14. The first kappa shape index (κ1) is 13.9. The predicted octanol–water partition coefficient (Wildman–Crippen LogP) is 4.08. The third-order valence-corrected chi connectivity index (χ3v) is 4.03. The molecule has 0 bridgehead atoms. The molecule has 3 rings (SSSR count). The Kier molecular flexibility index (Phi) is 4.39. The molecule has 2 aromatic rings. The van der Waals surface area contributed by atoms with Crippen LogP contribution in [-0.2, 0) is 6.42 Å². The molecule has 1 aliphatic heterocycles. The van der Waals surface area contributed by atoms with Gasteiger partial charge in [-0.3, -0.25) is 0 Å². The van der Waals surface area contributed by atoms with Crippen molar-refractivity contribution >= 4 is 11.4 Å². The first-order valence-corrected chi connectivity index (χ1v) is 7.66. The van der Waals surface area contributed by atoms with Gasteiger partial charge in [-0.1, -0.05) is 30.3 Å². The number of fused-ring (bicyclic) bond motifs is 1. The fourth-order valence-corrected chi connectivity index (χ4v) is 2.93. The lowest BCUT2D eigenvalue weighted by Crippen LogP contribution is -2.30. The van der Waals surface area contributed by atoms with Crippen molar-refractivity contribution < 1.29 is 4.39 Å². The van der Waals surface area contributed by atoms with Gasteiger partial charge in [-0.05, 0) is 43.0 Å². The zero-order valence-corrected chi connectivity index (χ0v) is 12.2. The van der Waals surface area contributed by atoms with Crippen LogP contribution in [0.3, 0.4) is 0 Å². The number of nitrogens with zero attached hydrogens (tertiary/aromatic N) is 1. The number of hydrogen-bond acceptors (Lipinski definition) is 2. The lowest BCUT2D eigenvalue weighted by Gasteiger charge is -2.25. The number of nitrogens with one attached hydrogen (secondary N) is 1. The van der Waals surface area contributed by atoms with E-state index in [1.54, 1.807) is 12.1 Å². The summed E-state index contributed by atoms with van der Waals surface area (Å²) in [5.41, 5.74) is 3.35. The maximum atomic E-state index is 13.6. The number of hydrogen-bond donors (Lipinski definition) is 1. The van der Waals surface area contributed by atoms with Crippen LogP contribution in [-0.4, -0.2) is 19.6 Å². The molecule has 3 heteroatoms. The van der Waals surface area contributed by atoms with E-state index in [4.69, 9.17) is 0 Å². The first-order chi connectivity index (χ1) is 10.3. The predicted molar refractivity (Wildman–Crippen MR) is 86.5 cm³/mol. The van der Waals surface area contributed by atoms with Crippen LogP contribution in [0.5, 0.6) is 0 Å². The van der Waals surface area contributed by atoms with E-state index in [0.717, 1.165) is 26.1 Å². The maximum Gasteiger partial charge on any atom is 0.146 e. The molecule has 0 atom stereocenters. The van der Waals surface area contributed by atoms with Gasteiger partial charge in [0, 0.05) is 25.3 Å². The second kappa shape index (κ2) is 6.61. The zero-order chi connectivity index (χ0) is 14.5. The molecule has 0 saturated carbocycles. The van der Waals surface area contributed by atoms with E-state index < -0.39 is 0 Å². The van der Waals surface area contributed by atoms with Crippen molar-refractivity contribution in [1.29, 1.82) is 0 Å². The minimum atomic E-state index is -0.186. The summed E-state index contributed by atoms with van der Waals surface area (Å²) in [6, 6.07) is 15.5. The van der Waals surface area contributed by atoms with Crippen LogP contribution < -0.4 is 10.2 Å². The molecule has 2 nitrogen and oxygen atoms in total. The Hall–Kier alpha value is -2.03. The highest BCUT2D eigenvalue weighted by molar-refractivity contribution is 5.54. The molecule has 1 heterocycles. The third kappa shape index (κ3) is 3.35. The van der Waals surface area contributed by atoms with Crippen molar-refractivity contribution in [2.45, 2.75) is 19.3 Å². The van der Waals surface area contributed by atoms with Crippen molar-refractivity contribution in [1.82, 2.24) is 0 Å². The van der Waals surface area contributed by atoms with E-state index in [-0.39, 0.29) is 5.82 Å². The van der Waals surface area contributed by atoms with E-state index >= 15 is 0 Å². The van der Waals surface area contributed by atoms with Crippen molar-refractivity contribution in [3.63, 3.8) is 0 Å². The molecule has 2 aromatic carbocycles. The molecular formula is C18H21FN2. The van der Waals surface area contributed by atoms with Gasteiger partial charge in [0.25, 0.3) is 0 Å². The normalized spacial score (nSPS) is 14.4. The summed E-state index contributed by atoms with van der Waals surface area (Å²) in [4.78, 5) is 2.41. The fourth-order valence-electron chi connectivity index (χ4n) is 2.93. The number of aryl methyl sites for hydroxylation is 1. The largest absolute Gasteiger partial charge is 0.381 e. The summed E-state index contributed by atoms with van der Waals surface area (Å²) in [6.07, 6.45) is 3.62. The Balaban J connectivity index is 1.64. The van der Waals surface area contributed by atoms with Crippen LogP contribution in [0.2, 0.25) is 0 Å². The van der Waals surface area contributed by atoms with Gasteiger partial charge in [0.15, 0.2) is 0 Å².